The minimum atomic E-state index is 0.159. The van der Waals surface area contributed by atoms with Crippen molar-refractivity contribution in [3.8, 4) is 11.5 Å². The molecule has 15 heavy (non-hydrogen) atoms. The SMILES string of the molecule is CC(C)Oc1ccccc1OCC1CO1. The van der Waals surface area contributed by atoms with Crippen LogP contribution in [0.25, 0.3) is 0 Å². The van der Waals surface area contributed by atoms with E-state index in [9.17, 15) is 0 Å². The van der Waals surface area contributed by atoms with E-state index in [0.29, 0.717) is 6.61 Å². The highest BCUT2D eigenvalue weighted by Gasteiger charge is 2.23. The molecule has 1 unspecified atom stereocenters. The molecule has 1 aromatic carbocycles. The maximum absolute atomic E-state index is 5.63. The van der Waals surface area contributed by atoms with Crippen molar-refractivity contribution in [1.82, 2.24) is 0 Å². The van der Waals surface area contributed by atoms with E-state index in [0.717, 1.165) is 18.1 Å². The second kappa shape index (κ2) is 4.53. The van der Waals surface area contributed by atoms with Crippen molar-refractivity contribution in [2.75, 3.05) is 13.2 Å². The lowest BCUT2D eigenvalue weighted by atomic mass is 10.3. The van der Waals surface area contributed by atoms with Crippen LogP contribution in [-0.2, 0) is 4.74 Å². The van der Waals surface area contributed by atoms with Crippen molar-refractivity contribution in [3.63, 3.8) is 0 Å². The Bertz CT molecular complexity index is 318. The Balaban J connectivity index is 1.99. The molecule has 0 amide bonds. The van der Waals surface area contributed by atoms with Crippen molar-refractivity contribution in [2.45, 2.75) is 26.1 Å². The van der Waals surface area contributed by atoms with Gasteiger partial charge in [-0.25, -0.2) is 0 Å². The van der Waals surface area contributed by atoms with Crippen LogP contribution in [-0.4, -0.2) is 25.4 Å². The summed E-state index contributed by atoms with van der Waals surface area (Å²) in [7, 11) is 0. The Morgan fingerprint density at radius 2 is 2.00 bits per heavy atom. The molecule has 0 aliphatic carbocycles. The van der Waals surface area contributed by atoms with Gasteiger partial charge in [0.2, 0.25) is 0 Å². The van der Waals surface area contributed by atoms with Crippen LogP contribution in [0.5, 0.6) is 11.5 Å². The second-order valence-corrected chi connectivity index (χ2v) is 3.88. The molecular weight excluding hydrogens is 192 g/mol. The fraction of sp³-hybridized carbons (Fsp3) is 0.500. The van der Waals surface area contributed by atoms with Gasteiger partial charge in [0.15, 0.2) is 11.5 Å². The van der Waals surface area contributed by atoms with Gasteiger partial charge in [0.25, 0.3) is 0 Å². The van der Waals surface area contributed by atoms with Crippen LogP contribution in [0.1, 0.15) is 13.8 Å². The van der Waals surface area contributed by atoms with Crippen molar-refractivity contribution >= 4 is 0 Å². The van der Waals surface area contributed by atoms with Crippen LogP contribution in [0, 0.1) is 0 Å². The lowest BCUT2D eigenvalue weighted by molar-refractivity contribution is 0.212. The van der Waals surface area contributed by atoms with Gasteiger partial charge < -0.3 is 14.2 Å². The number of hydrogen-bond donors (Lipinski definition) is 0. The van der Waals surface area contributed by atoms with Crippen LogP contribution < -0.4 is 9.47 Å². The van der Waals surface area contributed by atoms with Gasteiger partial charge >= 0.3 is 0 Å². The van der Waals surface area contributed by atoms with Crippen molar-refractivity contribution in [1.29, 1.82) is 0 Å². The van der Waals surface area contributed by atoms with Gasteiger partial charge in [-0.05, 0) is 26.0 Å². The highest BCUT2D eigenvalue weighted by molar-refractivity contribution is 5.39. The Morgan fingerprint density at radius 1 is 1.33 bits per heavy atom. The summed E-state index contributed by atoms with van der Waals surface area (Å²) < 4.78 is 16.3. The van der Waals surface area contributed by atoms with E-state index in [-0.39, 0.29) is 12.2 Å². The summed E-state index contributed by atoms with van der Waals surface area (Å²) in [5.74, 6) is 1.59. The molecule has 82 valence electrons. The highest BCUT2D eigenvalue weighted by Crippen LogP contribution is 2.28. The normalized spacial score (nSPS) is 19.0. The van der Waals surface area contributed by atoms with Crippen molar-refractivity contribution in [2.24, 2.45) is 0 Å². The number of rotatable bonds is 5. The van der Waals surface area contributed by atoms with Crippen molar-refractivity contribution in [3.05, 3.63) is 24.3 Å². The standard InChI is InChI=1S/C12H16O3/c1-9(2)15-12-6-4-3-5-11(12)14-8-10-7-13-10/h3-6,9-10H,7-8H2,1-2H3. The zero-order chi connectivity index (χ0) is 10.7. The second-order valence-electron chi connectivity index (χ2n) is 3.88. The zero-order valence-corrected chi connectivity index (χ0v) is 9.10. The first-order chi connectivity index (χ1) is 7.25. The van der Waals surface area contributed by atoms with Crippen LogP contribution >= 0.6 is 0 Å². The summed E-state index contributed by atoms with van der Waals surface area (Å²) in [6, 6.07) is 7.72. The molecule has 3 heteroatoms. The number of para-hydroxylation sites is 2. The number of benzene rings is 1. The average Bonchev–Trinajstić information content (AvgIpc) is 2.99. The van der Waals surface area contributed by atoms with Gasteiger partial charge in [-0.15, -0.1) is 0 Å². The lowest BCUT2D eigenvalue weighted by Crippen LogP contribution is -2.09. The highest BCUT2D eigenvalue weighted by atomic mass is 16.6. The summed E-state index contributed by atoms with van der Waals surface area (Å²) in [4.78, 5) is 0. The van der Waals surface area contributed by atoms with E-state index in [4.69, 9.17) is 14.2 Å². The van der Waals surface area contributed by atoms with Gasteiger partial charge in [0.1, 0.15) is 12.7 Å². The molecule has 2 rings (SSSR count). The van der Waals surface area contributed by atoms with Crippen LogP contribution in [0.15, 0.2) is 24.3 Å². The Kier molecular flexibility index (Phi) is 3.11. The first kappa shape index (κ1) is 10.3. The molecule has 0 radical (unpaired) electrons. The number of ether oxygens (including phenoxy) is 3. The van der Waals surface area contributed by atoms with E-state index in [1.807, 2.05) is 38.1 Å². The lowest BCUT2D eigenvalue weighted by Gasteiger charge is -2.14. The van der Waals surface area contributed by atoms with E-state index >= 15 is 0 Å². The monoisotopic (exact) mass is 208 g/mol. The van der Waals surface area contributed by atoms with E-state index in [1.165, 1.54) is 0 Å². The minimum absolute atomic E-state index is 0.159. The van der Waals surface area contributed by atoms with Gasteiger partial charge in [0.05, 0.1) is 12.7 Å². The van der Waals surface area contributed by atoms with Crippen molar-refractivity contribution < 1.29 is 14.2 Å². The van der Waals surface area contributed by atoms with E-state index in [2.05, 4.69) is 0 Å². The number of epoxide rings is 1. The van der Waals surface area contributed by atoms with Crippen LogP contribution in [0.3, 0.4) is 0 Å². The molecule has 1 aromatic rings. The molecule has 1 atom stereocenters. The third-order valence-corrected chi connectivity index (χ3v) is 2.04. The molecule has 1 fully saturated rings. The first-order valence-electron chi connectivity index (χ1n) is 5.26. The molecule has 0 bridgehead atoms. The summed E-state index contributed by atoms with van der Waals surface area (Å²) in [5.41, 5.74) is 0. The largest absolute Gasteiger partial charge is 0.487 e. The molecule has 0 spiro atoms. The molecule has 0 saturated carbocycles. The molecule has 1 aliphatic rings. The maximum Gasteiger partial charge on any atom is 0.161 e. The molecule has 1 heterocycles. The fourth-order valence-corrected chi connectivity index (χ4v) is 1.27. The molecule has 0 N–H and O–H groups in total. The third kappa shape index (κ3) is 3.13. The summed E-state index contributed by atoms with van der Waals surface area (Å²) >= 11 is 0. The van der Waals surface area contributed by atoms with Crippen LogP contribution in [0.2, 0.25) is 0 Å². The van der Waals surface area contributed by atoms with E-state index in [1.54, 1.807) is 0 Å². The van der Waals surface area contributed by atoms with E-state index < -0.39 is 0 Å². The predicted molar refractivity (Wildman–Crippen MR) is 57.4 cm³/mol. The summed E-state index contributed by atoms with van der Waals surface area (Å²) in [6.07, 6.45) is 0.434. The molecule has 1 saturated heterocycles. The minimum Gasteiger partial charge on any atom is -0.487 e. The average molecular weight is 208 g/mol. The maximum atomic E-state index is 5.63. The summed E-state index contributed by atoms with van der Waals surface area (Å²) in [5, 5.41) is 0. The zero-order valence-electron chi connectivity index (χ0n) is 9.10. The predicted octanol–water partition coefficient (Wildman–Crippen LogP) is 2.25. The smallest absolute Gasteiger partial charge is 0.161 e. The topological polar surface area (TPSA) is 31.0 Å². The van der Waals surface area contributed by atoms with Gasteiger partial charge in [-0.2, -0.15) is 0 Å². The molecular formula is C12H16O3. The molecule has 0 aromatic heterocycles. The van der Waals surface area contributed by atoms with Gasteiger partial charge in [-0.3, -0.25) is 0 Å². The molecule has 3 nitrogen and oxygen atoms in total. The number of hydrogen-bond acceptors (Lipinski definition) is 3. The Hall–Kier alpha value is -1.22. The first-order valence-corrected chi connectivity index (χ1v) is 5.26. The van der Waals surface area contributed by atoms with Gasteiger partial charge in [-0.1, -0.05) is 12.1 Å². The van der Waals surface area contributed by atoms with Gasteiger partial charge in [0, 0.05) is 0 Å². The van der Waals surface area contributed by atoms with Crippen LogP contribution in [0.4, 0.5) is 0 Å². The summed E-state index contributed by atoms with van der Waals surface area (Å²) in [6.45, 7) is 5.42. The third-order valence-electron chi connectivity index (χ3n) is 2.04. The Labute approximate surface area is 90.0 Å². The quantitative estimate of drug-likeness (QED) is 0.695. The Morgan fingerprint density at radius 3 is 2.60 bits per heavy atom. The fourth-order valence-electron chi connectivity index (χ4n) is 1.27. The molecule has 1 aliphatic heterocycles.